The van der Waals surface area contributed by atoms with Gasteiger partial charge < -0.3 is 9.84 Å². The summed E-state index contributed by atoms with van der Waals surface area (Å²) in [5.74, 6) is 0.209. The van der Waals surface area contributed by atoms with Crippen LogP contribution in [-0.4, -0.2) is 23.3 Å². The fourth-order valence-electron chi connectivity index (χ4n) is 3.04. The van der Waals surface area contributed by atoms with Gasteiger partial charge in [-0.15, -0.1) is 0 Å². The van der Waals surface area contributed by atoms with E-state index in [1.807, 2.05) is 0 Å². The fourth-order valence-corrected chi connectivity index (χ4v) is 3.04. The van der Waals surface area contributed by atoms with Crippen molar-refractivity contribution in [2.75, 3.05) is 0 Å². The highest BCUT2D eigenvalue weighted by molar-refractivity contribution is 5.67. The van der Waals surface area contributed by atoms with Crippen LogP contribution in [0.25, 0.3) is 0 Å². The first kappa shape index (κ1) is 9.97. The zero-order chi connectivity index (χ0) is 10.1. The van der Waals surface area contributed by atoms with Gasteiger partial charge in [0.2, 0.25) is 0 Å². The van der Waals surface area contributed by atoms with Crippen molar-refractivity contribution in [1.29, 1.82) is 0 Å². The van der Waals surface area contributed by atoms with Crippen LogP contribution in [0.4, 0.5) is 0 Å². The number of aliphatic carboxylic acids is 1. The molecular weight excluding hydrogens is 180 g/mol. The molecule has 0 amide bonds. The first-order chi connectivity index (χ1) is 6.66. The summed E-state index contributed by atoms with van der Waals surface area (Å²) in [5, 5.41) is 8.81. The molecule has 1 heterocycles. The van der Waals surface area contributed by atoms with E-state index in [-0.39, 0.29) is 0 Å². The van der Waals surface area contributed by atoms with Crippen LogP contribution in [0.15, 0.2) is 0 Å². The predicted octanol–water partition coefficient (Wildman–Crippen LogP) is 2.05. The van der Waals surface area contributed by atoms with Gasteiger partial charge in [0, 0.05) is 6.42 Å². The van der Waals surface area contributed by atoms with Crippen molar-refractivity contribution in [3.05, 3.63) is 0 Å². The SMILES string of the molecule is C[C@@H]1C[C@@H]2[C@H](CC(=O)O)CCC[C@@H]2O1. The number of rotatable bonds is 2. The molecule has 0 unspecified atom stereocenters. The quantitative estimate of drug-likeness (QED) is 0.738. The molecule has 0 spiro atoms. The first-order valence-electron chi connectivity index (χ1n) is 5.54. The largest absolute Gasteiger partial charge is 0.481 e. The summed E-state index contributed by atoms with van der Waals surface area (Å²) in [4.78, 5) is 10.7. The zero-order valence-corrected chi connectivity index (χ0v) is 8.61. The van der Waals surface area contributed by atoms with E-state index >= 15 is 0 Å². The number of hydrogen-bond acceptors (Lipinski definition) is 2. The summed E-state index contributed by atoms with van der Waals surface area (Å²) >= 11 is 0. The van der Waals surface area contributed by atoms with Crippen molar-refractivity contribution in [2.24, 2.45) is 11.8 Å². The smallest absolute Gasteiger partial charge is 0.303 e. The molecule has 4 atom stereocenters. The molecule has 2 rings (SSSR count). The average Bonchev–Trinajstić information content (AvgIpc) is 2.45. The molecule has 14 heavy (non-hydrogen) atoms. The van der Waals surface area contributed by atoms with Gasteiger partial charge in [0.15, 0.2) is 0 Å². The van der Waals surface area contributed by atoms with Crippen LogP contribution in [0.3, 0.4) is 0 Å². The Morgan fingerprint density at radius 1 is 1.50 bits per heavy atom. The highest BCUT2D eigenvalue weighted by atomic mass is 16.5. The summed E-state index contributed by atoms with van der Waals surface area (Å²) in [6.07, 6.45) is 5.41. The van der Waals surface area contributed by atoms with E-state index in [0.29, 0.717) is 30.5 Å². The van der Waals surface area contributed by atoms with Crippen molar-refractivity contribution in [3.63, 3.8) is 0 Å². The van der Waals surface area contributed by atoms with E-state index in [9.17, 15) is 4.79 Å². The third-order valence-corrected chi connectivity index (χ3v) is 3.59. The van der Waals surface area contributed by atoms with Crippen LogP contribution in [0, 0.1) is 11.8 Å². The van der Waals surface area contributed by atoms with E-state index in [0.717, 1.165) is 25.7 Å². The Bertz CT molecular complexity index is 227. The Morgan fingerprint density at radius 3 is 3.00 bits per heavy atom. The average molecular weight is 198 g/mol. The third kappa shape index (κ3) is 1.92. The summed E-state index contributed by atoms with van der Waals surface area (Å²) in [6.45, 7) is 2.09. The number of fused-ring (bicyclic) bond motifs is 1. The molecule has 3 heteroatoms. The van der Waals surface area contributed by atoms with Crippen molar-refractivity contribution in [1.82, 2.24) is 0 Å². The van der Waals surface area contributed by atoms with Crippen LogP contribution in [0.1, 0.15) is 39.0 Å². The molecular formula is C11H18O3. The molecule has 1 saturated carbocycles. The van der Waals surface area contributed by atoms with Gasteiger partial charge in [-0.3, -0.25) is 4.79 Å². The third-order valence-electron chi connectivity index (χ3n) is 3.59. The van der Waals surface area contributed by atoms with Crippen molar-refractivity contribution in [3.8, 4) is 0 Å². The van der Waals surface area contributed by atoms with E-state index in [1.54, 1.807) is 0 Å². The lowest BCUT2D eigenvalue weighted by Gasteiger charge is -2.31. The predicted molar refractivity (Wildman–Crippen MR) is 52.0 cm³/mol. The molecule has 1 N–H and O–H groups in total. The Morgan fingerprint density at radius 2 is 2.29 bits per heavy atom. The summed E-state index contributed by atoms with van der Waals surface area (Å²) in [6, 6.07) is 0. The molecule has 80 valence electrons. The Hall–Kier alpha value is -0.570. The zero-order valence-electron chi connectivity index (χ0n) is 8.61. The summed E-state index contributed by atoms with van der Waals surface area (Å²) < 4.78 is 5.78. The van der Waals surface area contributed by atoms with Gasteiger partial charge in [-0.05, 0) is 38.0 Å². The first-order valence-corrected chi connectivity index (χ1v) is 5.54. The number of hydrogen-bond donors (Lipinski definition) is 1. The monoisotopic (exact) mass is 198 g/mol. The molecule has 1 saturated heterocycles. The van der Waals surface area contributed by atoms with Gasteiger partial charge in [0.25, 0.3) is 0 Å². The minimum atomic E-state index is -0.657. The Labute approximate surface area is 84.4 Å². The van der Waals surface area contributed by atoms with E-state index in [4.69, 9.17) is 9.84 Å². The van der Waals surface area contributed by atoms with Gasteiger partial charge >= 0.3 is 5.97 Å². The van der Waals surface area contributed by atoms with Crippen LogP contribution in [0.2, 0.25) is 0 Å². The van der Waals surface area contributed by atoms with Crippen LogP contribution in [0.5, 0.6) is 0 Å². The molecule has 3 nitrogen and oxygen atoms in total. The lowest BCUT2D eigenvalue weighted by molar-refractivity contribution is -0.139. The second-order valence-corrected chi connectivity index (χ2v) is 4.67. The maximum absolute atomic E-state index is 10.7. The highest BCUT2D eigenvalue weighted by Crippen LogP contribution is 2.42. The van der Waals surface area contributed by atoms with Crippen LogP contribution < -0.4 is 0 Å². The van der Waals surface area contributed by atoms with Crippen LogP contribution >= 0.6 is 0 Å². The minimum Gasteiger partial charge on any atom is -0.481 e. The highest BCUT2D eigenvalue weighted by Gasteiger charge is 2.40. The maximum Gasteiger partial charge on any atom is 0.303 e. The summed E-state index contributed by atoms with van der Waals surface area (Å²) in [7, 11) is 0. The minimum absolute atomic E-state index is 0.331. The second kappa shape index (κ2) is 3.89. The molecule has 0 radical (unpaired) electrons. The standard InChI is InChI=1S/C11H18O3/c1-7-5-9-8(6-11(12)13)3-2-4-10(9)14-7/h7-10H,2-6H2,1H3,(H,12,13)/t7-,8+,9-,10+/m1/s1. The molecule has 1 aliphatic carbocycles. The Kier molecular flexibility index (Phi) is 2.77. The van der Waals surface area contributed by atoms with E-state index in [1.165, 1.54) is 0 Å². The second-order valence-electron chi connectivity index (χ2n) is 4.67. The number of carboxylic acid groups (broad SMARTS) is 1. The van der Waals surface area contributed by atoms with Gasteiger partial charge in [-0.1, -0.05) is 6.42 Å². The lowest BCUT2D eigenvalue weighted by atomic mass is 9.75. The Balaban J connectivity index is 2.00. The molecule has 0 bridgehead atoms. The van der Waals surface area contributed by atoms with Gasteiger partial charge in [-0.25, -0.2) is 0 Å². The number of carboxylic acids is 1. The van der Waals surface area contributed by atoms with Crippen molar-refractivity contribution in [2.45, 2.75) is 51.2 Å². The van der Waals surface area contributed by atoms with Gasteiger partial charge in [-0.2, -0.15) is 0 Å². The molecule has 0 aromatic carbocycles. The normalized spacial score (nSPS) is 42.1. The molecule has 0 aromatic heterocycles. The fraction of sp³-hybridized carbons (Fsp3) is 0.909. The van der Waals surface area contributed by atoms with Crippen molar-refractivity contribution < 1.29 is 14.6 Å². The maximum atomic E-state index is 10.7. The molecule has 1 aliphatic heterocycles. The number of carbonyl (C=O) groups is 1. The van der Waals surface area contributed by atoms with E-state index in [2.05, 4.69) is 6.92 Å². The van der Waals surface area contributed by atoms with Gasteiger partial charge in [0.1, 0.15) is 0 Å². The molecule has 0 aromatic rings. The molecule has 2 fully saturated rings. The van der Waals surface area contributed by atoms with E-state index < -0.39 is 5.97 Å². The number of ether oxygens (including phenoxy) is 1. The van der Waals surface area contributed by atoms with Crippen molar-refractivity contribution >= 4 is 5.97 Å². The topological polar surface area (TPSA) is 46.5 Å². The van der Waals surface area contributed by atoms with Crippen LogP contribution in [-0.2, 0) is 9.53 Å². The summed E-state index contributed by atoms with van der Waals surface area (Å²) in [5.41, 5.74) is 0. The molecule has 2 aliphatic rings. The van der Waals surface area contributed by atoms with Gasteiger partial charge in [0.05, 0.1) is 12.2 Å². The lowest BCUT2D eigenvalue weighted by Crippen LogP contribution is -2.30.